The molecule has 2 bridgehead atoms. The van der Waals surface area contributed by atoms with Gasteiger partial charge in [0.05, 0.1) is 5.92 Å². The van der Waals surface area contributed by atoms with Gasteiger partial charge in [0.2, 0.25) is 11.8 Å². The number of carbonyl (C=O) groups is 3. The number of allylic oxidation sites excluding steroid dienone is 3. The molecule has 196 valence electrons. The molecule has 0 spiro atoms. The van der Waals surface area contributed by atoms with E-state index in [9.17, 15) is 14.4 Å². The van der Waals surface area contributed by atoms with Crippen LogP contribution in [0.15, 0.2) is 48.6 Å². The van der Waals surface area contributed by atoms with Gasteiger partial charge < -0.3 is 4.74 Å². The molecule has 3 aliphatic heterocycles. The van der Waals surface area contributed by atoms with E-state index >= 15 is 0 Å². The highest BCUT2D eigenvalue weighted by Crippen LogP contribution is 2.68. The van der Waals surface area contributed by atoms with Crippen LogP contribution in [0, 0.1) is 58.2 Å². The fraction of sp³-hybridized carbons (Fsp3) is 0.594. The summed E-state index contributed by atoms with van der Waals surface area (Å²) in [7, 11) is 0. The van der Waals surface area contributed by atoms with Gasteiger partial charge >= 0.3 is 0 Å². The van der Waals surface area contributed by atoms with Gasteiger partial charge in [0.15, 0.2) is 5.78 Å². The fourth-order valence-corrected chi connectivity index (χ4v) is 9.90. The first-order valence-electron chi connectivity index (χ1n) is 14.0. The van der Waals surface area contributed by atoms with Gasteiger partial charge in [-0.25, -0.2) is 0 Å². The highest BCUT2D eigenvalue weighted by Gasteiger charge is 2.68. The van der Waals surface area contributed by atoms with Crippen LogP contribution < -0.4 is 10.1 Å². The van der Waals surface area contributed by atoms with E-state index in [-0.39, 0.29) is 41.0 Å². The lowest BCUT2D eigenvalue weighted by atomic mass is 9.53. The van der Waals surface area contributed by atoms with Crippen molar-refractivity contribution < 1.29 is 19.1 Å². The van der Waals surface area contributed by atoms with Gasteiger partial charge in [-0.1, -0.05) is 57.6 Å². The molecule has 7 rings (SSSR count). The van der Waals surface area contributed by atoms with Gasteiger partial charge in [-0.3, -0.25) is 19.7 Å². The molecule has 11 atom stereocenters. The van der Waals surface area contributed by atoms with Crippen LogP contribution in [0.1, 0.15) is 53.0 Å². The molecule has 3 aliphatic carbocycles. The predicted octanol–water partition coefficient (Wildman–Crippen LogP) is 5.15. The Morgan fingerprint density at radius 3 is 2.43 bits per heavy atom. The predicted molar refractivity (Wildman–Crippen MR) is 141 cm³/mol. The summed E-state index contributed by atoms with van der Waals surface area (Å²) in [5.74, 6) is -0.911. The maximum atomic E-state index is 14.7. The number of carbonyl (C=O) groups excluding carboxylic acids is 3. The Kier molecular flexibility index (Phi) is 5.43. The van der Waals surface area contributed by atoms with E-state index in [1.54, 1.807) is 0 Å². The smallest absolute Gasteiger partial charge is 0.237 e. The third-order valence-corrected chi connectivity index (χ3v) is 10.8. The summed E-state index contributed by atoms with van der Waals surface area (Å²) in [4.78, 5) is 40.9. The van der Waals surface area contributed by atoms with Gasteiger partial charge in [0.1, 0.15) is 17.8 Å². The zero-order valence-electron chi connectivity index (χ0n) is 22.6. The molecule has 1 aromatic rings. The van der Waals surface area contributed by atoms with Crippen LogP contribution in [-0.2, 0) is 20.8 Å². The lowest BCUT2D eigenvalue weighted by molar-refractivity contribution is -0.141. The van der Waals surface area contributed by atoms with Gasteiger partial charge in [0.25, 0.3) is 0 Å². The molecule has 5 heteroatoms. The molecule has 1 N–H and O–H groups in total. The summed E-state index contributed by atoms with van der Waals surface area (Å²) in [5, 5.41) is 2.49. The van der Waals surface area contributed by atoms with Crippen LogP contribution in [0.3, 0.4) is 0 Å². The molecule has 5 nitrogen and oxygen atoms in total. The Morgan fingerprint density at radius 2 is 1.76 bits per heavy atom. The topological polar surface area (TPSA) is 72.5 Å². The summed E-state index contributed by atoms with van der Waals surface area (Å²) in [5.41, 5.74) is 1.56. The van der Waals surface area contributed by atoms with Crippen molar-refractivity contribution >= 4 is 17.6 Å². The third kappa shape index (κ3) is 3.38. The van der Waals surface area contributed by atoms with Crippen LogP contribution in [0.2, 0.25) is 0 Å². The average Bonchev–Trinajstić information content (AvgIpc) is 3.23. The molecule has 0 radical (unpaired) electrons. The number of benzene rings is 1. The van der Waals surface area contributed by atoms with Gasteiger partial charge in [-0.2, -0.15) is 0 Å². The number of nitrogens with one attached hydrogen (secondary N) is 1. The van der Waals surface area contributed by atoms with Crippen molar-refractivity contribution in [1.82, 2.24) is 5.32 Å². The number of hydrogen-bond acceptors (Lipinski definition) is 4. The lowest BCUT2D eigenvalue weighted by Gasteiger charge is -2.50. The van der Waals surface area contributed by atoms with Crippen LogP contribution in [-0.4, -0.2) is 23.7 Å². The number of rotatable bonds is 1. The number of amides is 2. The van der Waals surface area contributed by atoms with E-state index in [0.717, 1.165) is 24.2 Å². The van der Waals surface area contributed by atoms with Gasteiger partial charge in [0, 0.05) is 23.2 Å². The van der Waals surface area contributed by atoms with Crippen molar-refractivity contribution in [1.29, 1.82) is 0 Å². The molecule has 2 saturated carbocycles. The minimum atomic E-state index is -0.990. The minimum Gasteiger partial charge on any atom is -0.490 e. The first-order valence-corrected chi connectivity index (χ1v) is 14.0. The number of Topliss-reactive ketones (excluding diaryl/α,β-unsaturated/α-hetero) is 1. The van der Waals surface area contributed by atoms with Crippen molar-refractivity contribution in [3.05, 3.63) is 54.1 Å². The normalized spacial score (nSPS) is 46.5. The minimum absolute atomic E-state index is 0.0265. The number of ketones is 1. The molecule has 3 fully saturated rings. The third-order valence-electron chi connectivity index (χ3n) is 10.8. The summed E-state index contributed by atoms with van der Waals surface area (Å²) >= 11 is 0. The second-order valence-corrected chi connectivity index (χ2v) is 13.3. The summed E-state index contributed by atoms with van der Waals surface area (Å²) in [6.07, 6.45) is 6.53. The molecular weight excluding hydrogens is 462 g/mol. The van der Waals surface area contributed by atoms with E-state index < -0.39 is 29.1 Å². The van der Waals surface area contributed by atoms with Crippen molar-refractivity contribution in [3.63, 3.8) is 0 Å². The van der Waals surface area contributed by atoms with Crippen LogP contribution >= 0.6 is 0 Å². The van der Waals surface area contributed by atoms with Crippen molar-refractivity contribution in [3.8, 4) is 5.75 Å². The molecular formula is C32H39NO4. The fourth-order valence-electron chi connectivity index (χ4n) is 9.90. The van der Waals surface area contributed by atoms with Gasteiger partial charge in [-0.05, 0) is 67.1 Å². The van der Waals surface area contributed by atoms with Gasteiger partial charge in [-0.15, -0.1) is 6.58 Å². The molecule has 37 heavy (non-hydrogen) atoms. The van der Waals surface area contributed by atoms with E-state index in [1.165, 1.54) is 5.57 Å². The van der Waals surface area contributed by atoms with E-state index in [0.29, 0.717) is 18.3 Å². The Morgan fingerprint density at radius 1 is 1.05 bits per heavy atom. The first kappa shape index (κ1) is 24.6. The number of hydrogen-bond donors (Lipinski definition) is 1. The maximum absolute atomic E-state index is 14.7. The molecule has 3 heterocycles. The molecule has 0 aromatic heterocycles. The molecule has 6 aliphatic rings. The number of fused-ring (bicyclic) bond motifs is 4. The largest absolute Gasteiger partial charge is 0.490 e. The van der Waals surface area contributed by atoms with Crippen molar-refractivity contribution in [2.45, 2.75) is 60.0 Å². The second-order valence-electron chi connectivity index (χ2n) is 13.3. The zero-order valence-corrected chi connectivity index (χ0v) is 22.6. The second kappa shape index (κ2) is 8.15. The lowest BCUT2D eigenvalue weighted by Crippen LogP contribution is -2.51. The SMILES string of the molecule is C=C[C@@]1(C)C=C(C)[C@@H]2[C@@H]3[C@H](Oc4ccc(cc4)C[C@@H]4C(=O)NC(=O)[C@H]4C(=O)[C@H]31)[C@@H]1[C@@H](C)C[C@@H](C)C[C@]12C. The number of ether oxygens (including phenoxy) is 1. The zero-order chi connectivity index (χ0) is 26.4. The average molecular weight is 502 g/mol. The molecule has 2 amide bonds. The standard InChI is InChI=1S/C32H39NO4/c1-7-31(5)15-18(4)24-23-26(31)27(34)22-21(29(35)33-30(22)36)13-19-8-10-20(11-9-19)37-28(23)25-17(3)12-16(2)14-32(24,25)6/h7-11,15-17,21-26,28H,1,12-14H2,2-6H3,(H,33,35,36)/t16-,17+,21+,22-,23+,24-,25+,26+,28+,31+,32+/m1/s1. The number of imide groups is 1. The molecule has 0 unspecified atom stereocenters. The Labute approximate surface area is 220 Å². The van der Waals surface area contributed by atoms with Crippen LogP contribution in [0.5, 0.6) is 5.75 Å². The monoisotopic (exact) mass is 501 g/mol. The Hall–Kier alpha value is -2.69. The van der Waals surface area contributed by atoms with E-state index in [2.05, 4.69) is 52.6 Å². The summed E-state index contributed by atoms with van der Waals surface area (Å²) in [6, 6.07) is 7.95. The first-order chi connectivity index (χ1) is 17.5. The Balaban J connectivity index is 1.61. The van der Waals surface area contributed by atoms with Crippen molar-refractivity contribution in [2.24, 2.45) is 58.2 Å². The molecule has 1 aromatic carbocycles. The highest BCUT2D eigenvalue weighted by molar-refractivity contribution is 6.16. The summed E-state index contributed by atoms with van der Waals surface area (Å²) in [6.45, 7) is 15.6. The maximum Gasteiger partial charge on any atom is 0.237 e. The Bertz CT molecular complexity index is 1220. The van der Waals surface area contributed by atoms with E-state index in [4.69, 9.17) is 4.74 Å². The van der Waals surface area contributed by atoms with Crippen LogP contribution in [0.25, 0.3) is 0 Å². The van der Waals surface area contributed by atoms with E-state index in [1.807, 2.05) is 30.3 Å². The quantitative estimate of drug-likeness (QED) is 0.328. The summed E-state index contributed by atoms with van der Waals surface area (Å²) < 4.78 is 6.95. The van der Waals surface area contributed by atoms with Crippen LogP contribution in [0.4, 0.5) is 0 Å². The molecule has 1 saturated heterocycles. The van der Waals surface area contributed by atoms with Crippen molar-refractivity contribution in [2.75, 3.05) is 0 Å². The highest BCUT2D eigenvalue weighted by atomic mass is 16.5.